The molecular formula is C15H21Cl2N7O2. The number of fused-ring (bicyclic) bond motifs is 1. The van der Waals surface area contributed by atoms with Gasteiger partial charge in [0.05, 0.1) is 12.2 Å². The molecule has 1 aliphatic rings. The van der Waals surface area contributed by atoms with Crippen molar-refractivity contribution in [1.29, 1.82) is 0 Å². The molecule has 0 radical (unpaired) electrons. The summed E-state index contributed by atoms with van der Waals surface area (Å²) in [6.45, 7) is 5.69. The van der Waals surface area contributed by atoms with Crippen LogP contribution in [0.4, 0.5) is 0 Å². The van der Waals surface area contributed by atoms with Crippen LogP contribution in [-0.2, 0) is 19.6 Å². The zero-order chi connectivity index (χ0) is 16.4. The first kappa shape index (κ1) is 20.2. The van der Waals surface area contributed by atoms with Gasteiger partial charge in [0.25, 0.3) is 5.88 Å². The van der Waals surface area contributed by atoms with E-state index in [1.807, 2.05) is 10.8 Å². The quantitative estimate of drug-likeness (QED) is 0.696. The predicted octanol–water partition coefficient (Wildman–Crippen LogP) is 1.85. The van der Waals surface area contributed by atoms with Gasteiger partial charge in [-0.05, 0) is 31.1 Å². The number of ether oxygens (including phenoxy) is 1. The normalized spacial score (nSPS) is 13.3. The summed E-state index contributed by atoms with van der Waals surface area (Å²) in [6, 6.07) is 2.10. The minimum absolute atomic E-state index is 0. The molecule has 4 rings (SSSR count). The van der Waals surface area contributed by atoms with Crippen LogP contribution in [0.25, 0.3) is 11.5 Å². The summed E-state index contributed by atoms with van der Waals surface area (Å²) < 4.78 is 14.3. The number of hydrogen-bond donors (Lipinski definition) is 1. The van der Waals surface area contributed by atoms with E-state index in [0.717, 1.165) is 37.6 Å². The summed E-state index contributed by atoms with van der Waals surface area (Å²) >= 11 is 0. The van der Waals surface area contributed by atoms with Gasteiger partial charge >= 0.3 is 0 Å². The Bertz CT molecular complexity index is 806. The predicted molar refractivity (Wildman–Crippen MR) is 98.8 cm³/mol. The van der Waals surface area contributed by atoms with Gasteiger partial charge in [0.1, 0.15) is 18.0 Å². The smallest absolute Gasteiger partial charge is 0.278 e. The highest BCUT2D eigenvalue weighted by Crippen LogP contribution is 2.19. The molecule has 1 N–H and O–H groups in total. The molecule has 0 atom stereocenters. The lowest BCUT2D eigenvalue weighted by Crippen LogP contribution is -2.11. The third kappa shape index (κ3) is 4.17. The first-order valence-corrected chi connectivity index (χ1v) is 8.02. The first-order chi connectivity index (χ1) is 11.8. The molecule has 0 aliphatic carbocycles. The van der Waals surface area contributed by atoms with Crippen molar-refractivity contribution in [1.82, 2.24) is 35.0 Å². The number of hydrogen-bond acceptors (Lipinski definition) is 7. The summed E-state index contributed by atoms with van der Waals surface area (Å²) in [6.07, 6.45) is 4.79. The van der Waals surface area contributed by atoms with E-state index in [1.54, 1.807) is 13.1 Å². The Balaban J connectivity index is 0.00000121. The lowest BCUT2D eigenvalue weighted by molar-refractivity contribution is 0.248. The van der Waals surface area contributed by atoms with Gasteiger partial charge in [-0.15, -0.1) is 24.8 Å². The van der Waals surface area contributed by atoms with Crippen molar-refractivity contribution < 1.29 is 9.37 Å². The molecule has 4 heterocycles. The molecule has 0 saturated heterocycles. The van der Waals surface area contributed by atoms with Gasteiger partial charge in [0.2, 0.25) is 0 Å². The minimum atomic E-state index is 0. The topological polar surface area (TPSA) is 95.8 Å². The molecule has 0 bridgehead atoms. The van der Waals surface area contributed by atoms with Gasteiger partial charge < -0.3 is 14.6 Å². The maximum Gasteiger partial charge on any atom is 0.278 e. The highest BCUT2D eigenvalue weighted by Gasteiger charge is 2.15. The second-order valence-electron chi connectivity index (χ2n) is 5.72. The fraction of sp³-hybridized carbons (Fsp3) is 0.467. The third-order valence-corrected chi connectivity index (χ3v) is 4.02. The number of nitrogens with zero attached hydrogens (tertiary/aromatic N) is 6. The number of imidazole rings is 1. The van der Waals surface area contributed by atoms with E-state index in [0.29, 0.717) is 24.7 Å². The highest BCUT2D eigenvalue weighted by atomic mass is 35.5. The van der Waals surface area contributed by atoms with Crippen LogP contribution in [0.15, 0.2) is 23.1 Å². The maximum absolute atomic E-state index is 5.59. The Morgan fingerprint density at radius 2 is 2.19 bits per heavy atom. The van der Waals surface area contributed by atoms with Gasteiger partial charge in [-0.3, -0.25) is 4.68 Å². The third-order valence-electron chi connectivity index (χ3n) is 4.02. The molecule has 142 valence electrons. The number of nitrogens with one attached hydrogen (secondary N) is 1. The molecule has 0 unspecified atom stereocenters. The molecule has 26 heavy (non-hydrogen) atoms. The van der Waals surface area contributed by atoms with Crippen LogP contribution in [0, 0.1) is 6.92 Å². The number of aromatic nitrogens is 6. The Morgan fingerprint density at radius 1 is 1.31 bits per heavy atom. The summed E-state index contributed by atoms with van der Waals surface area (Å²) in [7, 11) is 0. The number of aryl methyl sites for hydroxylation is 2. The van der Waals surface area contributed by atoms with E-state index >= 15 is 0 Å². The lowest BCUT2D eigenvalue weighted by Gasteiger charge is -2.06. The Hall–Kier alpha value is -2.10. The molecule has 11 heteroatoms. The fourth-order valence-corrected chi connectivity index (χ4v) is 2.79. The second-order valence-corrected chi connectivity index (χ2v) is 5.72. The lowest BCUT2D eigenvalue weighted by atomic mass is 10.3. The molecular weight excluding hydrogens is 381 g/mol. The van der Waals surface area contributed by atoms with E-state index in [1.165, 1.54) is 5.69 Å². The minimum Gasteiger partial charge on any atom is -0.472 e. The van der Waals surface area contributed by atoms with Crippen molar-refractivity contribution in [3.8, 4) is 17.4 Å². The van der Waals surface area contributed by atoms with Crippen molar-refractivity contribution in [2.75, 3.05) is 13.2 Å². The maximum atomic E-state index is 5.59. The van der Waals surface area contributed by atoms with Gasteiger partial charge in [0.15, 0.2) is 5.82 Å². The van der Waals surface area contributed by atoms with Crippen molar-refractivity contribution in [2.45, 2.75) is 33.0 Å². The van der Waals surface area contributed by atoms with Crippen LogP contribution < -0.4 is 10.1 Å². The number of rotatable bonds is 5. The van der Waals surface area contributed by atoms with Crippen LogP contribution in [0.2, 0.25) is 0 Å². The van der Waals surface area contributed by atoms with Crippen molar-refractivity contribution >= 4 is 24.8 Å². The zero-order valence-corrected chi connectivity index (χ0v) is 15.9. The molecule has 3 aromatic rings. The zero-order valence-electron chi connectivity index (χ0n) is 14.3. The van der Waals surface area contributed by atoms with E-state index in [2.05, 4.69) is 36.0 Å². The summed E-state index contributed by atoms with van der Waals surface area (Å²) in [5.41, 5.74) is 2.72. The van der Waals surface area contributed by atoms with Gasteiger partial charge in [0, 0.05) is 25.5 Å². The van der Waals surface area contributed by atoms with Crippen LogP contribution in [0.5, 0.6) is 5.88 Å². The Kier molecular flexibility index (Phi) is 7.01. The van der Waals surface area contributed by atoms with E-state index < -0.39 is 0 Å². The van der Waals surface area contributed by atoms with Crippen molar-refractivity contribution in [3.05, 3.63) is 29.8 Å². The van der Waals surface area contributed by atoms with Crippen molar-refractivity contribution in [2.24, 2.45) is 0 Å². The molecule has 0 aromatic carbocycles. The molecule has 9 nitrogen and oxygen atoms in total. The fourth-order valence-electron chi connectivity index (χ4n) is 2.79. The molecule has 0 amide bonds. The van der Waals surface area contributed by atoms with E-state index in [4.69, 9.17) is 9.84 Å². The largest absolute Gasteiger partial charge is 0.472 e. The van der Waals surface area contributed by atoms with Crippen molar-refractivity contribution in [3.63, 3.8) is 0 Å². The first-order valence-electron chi connectivity index (χ1n) is 8.02. The molecule has 0 fully saturated rings. The second kappa shape index (κ2) is 9.02. The monoisotopic (exact) mass is 401 g/mol. The SMILES string of the molecule is Cc1nonc1OCCn1ccnc1-c1cc2n(n1)CCCNC2.Cl.Cl. The standard InChI is InChI=1S/C15H19N7O2.2ClH/c1-11-15(20-24-19-11)23-8-7-21-6-4-17-14(21)13-9-12-10-16-3-2-5-22(12)18-13;;/h4,6,9,16H,2-3,5,7-8,10H2,1H3;2*1H. The molecule has 0 spiro atoms. The van der Waals surface area contributed by atoms with E-state index in [9.17, 15) is 0 Å². The highest BCUT2D eigenvalue weighted by molar-refractivity contribution is 5.85. The van der Waals surface area contributed by atoms with Crippen LogP contribution in [0.1, 0.15) is 17.8 Å². The number of halogens is 2. The summed E-state index contributed by atoms with van der Waals surface area (Å²) in [5.74, 6) is 1.27. The van der Waals surface area contributed by atoms with Gasteiger partial charge in [-0.2, -0.15) is 5.10 Å². The van der Waals surface area contributed by atoms with E-state index in [-0.39, 0.29) is 24.8 Å². The van der Waals surface area contributed by atoms with Crippen LogP contribution >= 0.6 is 24.8 Å². The summed E-state index contributed by atoms with van der Waals surface area (Å²) in [5, 5.41) is 15.5. The molecule has 3 aromatic heterocycles. The molecule has 0 saturated carbocycles. The average Bonchev–Trinajstić information content (AvgIpc) is 3.26. The van der Waals surface area contributed by atoms with Crippen LogP contribution in [-0.4, -0.2) is 42.8 Å². The van der Waals surface area contributed by atoms with Gasteiger partial charge in [-0.25, -0.2) is 9.61 Å². The Labute approximate surface area is 162 Å². The Morgan fingerprint density at radius 3 is 3.00 bits per heavy atom. The average molecular weight is 402 g/mol. The molecule has 1 aliphatic heterocycles. The van der Waals surface area contributed by atoms with Gasteiger partial charge in [-0.1, -0.05) is 5.16 Å². The summed E-state index contributed by atoms with van der Waals surface area (Å²) in [4.78, 5) is 4.45. The van der Waals surface area contributed by atoms with Crippen LogP contribution in [0.3, 0.4) is 0 Å².